The number of rotatable bonds is 9. The van der Waals surface area contributed by atoms with Gasteiger partial charge in [0.05, 0.1) is 6.42 Å². The Hall–Kier alpha value is -0.830. The second kappa shape index (κ2) is 12.4. The van der Waals surface area contributed by atoms with Crippen LogP contribution in [-0.4, -0.2) is 36.6 Å². The fourth-order valence-electron chi connectivity index (χ4n) is 11.2. The molecule has 3 heteroatoms. The van der Waals surface area contributed by atoms with Crippen LogP contribution in [-0.2, 0) is 9.53 Å². The highest BCUT2D eigenvalue weighted by molar-refractivity contribution is 5.69. The standard InChI is InChI=1S/C37H63NO2/c1-25(2)9-8-10-28(5)32-13-14-33-31-12-11-29-22-30(15-18-36(29,6)34(31)16-19-37(32,33)7)40-35(39)17-20-38-23-26(3)21-27(4)24-38/h11,25-28,30-34H,8-10,12-24H2,1-7H3/t26-,27-,28-,30+,31+,32-,33-,34-,36+,37-/m1/s1. The molecule has 3 nitrogen and oxygen atoms in total. The Morgan fingerprint density at radius 1 is 1.00 bits per heavy atom. The van der Waals surface area contributed by atoms with Crippen molar-refractivity contribution in [2.45, 2.75) is 138 Å². The van der Waals surface area contributed by atoms with Crippen molar-refractivity contribution in [3.8, 4) is 0 Å². The highest BCUT2D eigenvalue weighted by Crippen LogP contribution is 2.67. The monoisotopic (exact) mass is 553 g/mol. The van der Waals surface area contributed by atoms with Crippen LogP contribution in [0.15, 0.2) is 11.6 Å². The molecule has 5 aliphatic rings. The van der Waals surface area contributed by atoms with Gasteiger partial charge in [-0.3, -0.25) is 4.79 Å². The maximum Gasteiger partial charge on any atom is 0.307 e. The van der Waals surface area contributed by atoms with E-state index >= 15 is 0 Å². The van der Waals surface area contributed by atoms with Crippen LogP contribution >= 0.6 is 0 Å². The summed E-state index contributed by atoms with van der Waals surface area (Å²) >= 11 is 0. The zero-order valence-corrected chi connectivity index (χ0v) is 27.4. The topological polar surface area (TPSA) is 29.5 Å². The van der Waals surface area contributed by atoms with Crippen LogP contribution in [0.4, 0.5) is 0 Å². The summed E-state index contributed by atoms with van der Waals surface area (Å²) < 4.78 is 6.13. The molecule has 4 aliphatic carbocycles. The highest BCUT2D eigenvalue weighted by Gasteiger charge is 2.59. The smallest absolute Gasteiger partial charge is 0.307 e. The number of nitrogens with zero attached hydrogens (tertiary/aromatic N) is 1. The zero-order chi connectivity index (χ0) is 28.7. The molecule has 5 rings (SSSR count). The molecule has 0 aromatic rings. The number of esters is 1. The molecule has 0 unspecified atom stereocenters. The number of ether oxygens (including phenoxy) is 1. The van der Waals surface area contributed by atoms with E-state index in [1.807, 2.05) is 0 Å². The number of hydrogen-bond donors (Lipinski definition) is 0. The number of hydrogen-bond acceptors (Lipinski definition) is 3. The van der Waals surface area contributed by atoms with Crippen molar-refractivity contribution in [3.05, 3.63) is 11.6 Å². The minimum Gasteiger partial charge on any atom is -0.462 e. The van der Waals surface area contributed by atoms with Gasteiger partial charge in [-0.1, -0.05) is 79.4 Å². The molecule has 0 aromatic carbocycles. The van der Waals surface area contributed by atoms with E-state index in [4.69, 9.17) is 4.74 Å². The molecule has 1 saturated heterocycles. The Balaban J connectivity index is 1.16. The zero-order valence-electron chi connectivity index (χ0n) is 27.4. The molecule has 228 valence electrons. The van der Waals surface area contributed by atoms with Gasteiger partial charge in [0.25, 0.3) is 0 Å². The lowest BCUT2D eigenvalue weighted by Crippen LogP contribution is -2.51. The van der Waals surface area contributed by atoms with E-state index in [-0.39, 0.29) is 12.1 Å². The Labute approximate surface area is 247 Å². The fraction of sp³-hybridized carbons (Fsp3) is 0.919. The Bertz CT molecular complexity index is 900. The van der Waals surface area contributed by atoms with Crippen molar-refractivity contribution in [2.24, 2.45) is 58.2 Å². The van der Waals surface area contributed by atoms with Gasteiger partial charge in [0.2, 0.25) is 0 Å². The lowest BCUT2D eigenvalue weighted by Gasteiger charge is -2.58. The maximum absolute atomic E-state index is 12.9. The van der Waals surface area contributed by atoms with Crippen molar-refractivity contribution in [2.75, 3.05) is 19.6 Å². The third kappa shape index (κ3) is 6.26. The minimum absolute atomic E-state index is 0.0294. The Kier molecular flexibility index (Phi) is 9.51. The first-order valence-corrected chi connectivity index (χ1v) is 17.6. The van der Waals surface area contributed by atoms with E-state index in [9.17, 15) is 4.79 Å². The van der Waals surface area contributed by atoms with Crippen LogP contribution < -0.4 is 0 Å². The van der Waals surface area contributed by atoms with Gasteiger partial charge in [0.15, 0.2) is 0 Å². The SMILES string of the molecule is CC(C)CCC[C@@H](C)[C@H]1CC[C@@H]2[C@@H]3CC=C4C[C@@H](OC(=O)CCN5C[C@H](C)C[C@@H](C)C5)CC[C@]4(C)[C@@H]3CC[C@@]21C. The van der Waals surface area contributed by atoms with E-state index < -0.39 is 0 Å². The largest absolute Gasteiger partial charge is 0.462 e. The van der Waals surface area contributed by atoms with Gasteiger partial charge in [-0.05, 0) is 110 Å². The quantitative estimate of drug-likeness (QED) is 0.210. The first-order valence-electron chi connectivity index (χ1n) is 17.6. The number of piperidine rings is 1. The molecule has 0 aromatic heterocycles. The van der Waals surface area contributed by atoms with Crippen LogP contribution in [0.25, 0.3) is 0 Å². The lowest BCUT2D eigenvalue weighted by molar-refractivity contribution is -0.152. The number of likely N-dealkylation sites (tertiary alicyclic amines) is 1. The summed E-state index contributed by atoms with van der Waals surface area (Å²) in [7, 11) is 0. The summed E-state index contributed by atoms with van der Waals surface area (Å²) in [6.45, 7) is 20.4. The molecule has 0 bridgehead atoms. The van der Waals surface area contributed by atoms with Gasteiger partial charge in [-0.15, -0.1) is 0 Å². The lowest BCUT2D eigenvalue weighted by atomic mass is 9.47. The van der Waals surface area contributed by atoms with Crippen LogP contribution in [0.3, 0.4) is 0 Å². The summed E-state index contributed by atoms with van der Waals surface area (Å²) in [5.41, 5.74) is 2.52. The summed E-state index contributed by atoms with van der Waals surface area (Å²) in [6, 6.07) is 0. The molecular weight excluding hydrogens is 490 g/mol. The van der Waals surface area contributed by atoms with Crippen LogP contribution in [0.5, 0.6) is 0 Å². The van der Waals surface area contributed by atoms with Crippen molar-refractivity contribution >= 4 is 5.97 Å². The van der Waals surface area contributed by atoms with Gasteiger partial charge in [-0.2, -0.15) is 0 Å². The molecule has 0 spiro atoms. The van der Waals surface area contributed by atoms with Gasteiger partial charge in [-0.25, -0.2) is 0 Å². The van der Waals surface area contributed by atoms with Crippen molar-refractivity contribution in [1.29, 1.82) is 0 Å². The number of carbonyl (C=O) groups excluding carboxylic acids is 1. The normalized spacial score (nSPS) is 42.5. The molecule has 1 aliphatic heterocycles. The predicted molar refractivity (Wildman–Crippen MR) is 167 cm³/mol. The summed E-state index contributed by atoms with van der Waals surface area (Å²) in [5, 5.41) is 0. The number of carbonyl (C=O) groups is 1. The summed E-state index contributed by atoms with van der Waals surface area (Å²) in [5.74, 6) is 6.76. The minimum atomic E-state index is 0.0294. The van der Waals surface area contributed by atoms with Gasteiger partial charge < -0.3 is 9.64 Å². The molecule has 1 heterocycles. The van der Waals surface area contributed by atoms with E-state index in [1.165, 1.54) is 64.2 Å². The molecule has 10 atom stereocenters. The maximum atomic E-state index is 12.9. The number of allylic oxidation sites excluding steroid dienone is 1. The van der Waals surface area contributed by atoms with Gasteiger partial charge in [0, 0.05) is 26.1 Å². The molecular formula is C37H63NO2. The molecule has 0 N–H and O–H groups in total. The molecule has 3 saturated carbocycles. The third-order valence-electron chi connectivity index (χ3n) is 13.1. The predicted octanol–water partition coefficient (Wildman–Crippen LogP) is 9.31. The third-order valence-corrected chi connectivity index (χ3v) is 13.1. The van der Waals surface area contributed by atoms with E-state index in [0.717, 1.165) is 79.8 Å². The summed E-state index contributed by atoms with van der Waals surface area (Å²) in [4.78, 5) is 15.3. The molecule has 40 heavy (non-hydrogen) atoms. The Morgan fingerprint density at radius 3 is 2.48 bits per heavy atom. The average molecular weight is 554 g/mol. The van der Waals surface area contributed by atoms with Crippen LogP contribution in [0.2, 0.25) is 0 Å². The number of fused-ring (bicyclic) bond motifs is 5. The van der Waals surface area contributed by atoms with E-state index in [1.54, 1.807) is 5.57 Å². The van der Waals surface area contributed by atoms with Crippen molar-refractivity contribution in [3.63, 3.8) is 0 Å². The van der Waals surface area contributed by atoms with Crippen molar-refractivity contribution in [1.82, 2.24) is 4.90 Å². The van der Waals surface area contributed by atoms with Gasteiger partial charge >= 0.3 is 5.97 Å². The van der Waals surface area contributed by atoms with Crippen LogP contribution in [0.1, 0.15) is 132 Å². The average Bonchev–Trinajstić information content (AvgIpc) is 3.24. The van der Waals surface area contributed by atoms with E-state index in [2.05, 4.69) is 59.4 Å². The second-order valence-corrected chi connectivity index (χ2v) is 16.6. The molecule has 0 radical (unpaired) electrons. The van der Waals surface area contributed by atoms with Crippen molar-refractivity contribution < 1.29 is 9.53 Å². The fourth-order valence-corrected chi connectivity index (χ4v) is 11.2. The molecule has 0 amide bonds. The summed E-state index contributed by atoms with van der Waals surface area (Å²) in [6.07, 6.45) is 19.1. The first kappa shape index (κ1) is 30.6. The second-order valence-electron chi connectivity index (χ2n) is 16.6. The first-order chi connectivity index (χ1) is 19.0. The highest BCUT2D eigenvalue weighted by atomic mass is 16.5. The Morgan fingerprint density at radius 2 is 1.75 bits per heavy atom. The molecule has 4 fully saturated rings. The van der Waals surface area contributed by atoms with E-state index in [0.29, 0.717) is 17.3 Å². The van der Waals surface area contributed by atoms with Crippen LogP contribution in [0, 0.1) is 58.2 Å². The van der Waals surface area contributed by atoms with Gasteiger partial charge in [0.1, 0.15) is 6.10 Å².